The van der Waals surface area contributed by atoms with Gasteiger partial charge in [0.25, 0.3) is 5.91 Å². The number of nitrogens with one attached hydrogen (secondary N) is 1. The Hall–Kier alpha value is -3.02. The molecule has 2 aromatic carbocycles. The summed E-state index contributed by atoms with van der Waals surface area (Å²) in [6, 6.07) is 14.6. The molecule has 1 N–H and O–H groups in total. The van der Waals surface area contributed by atoms with Gasteiger partial charge in [0, 0.05) is 6.07 Å². The van der Waals surface area contributed by atoms with Crippen molar-refractivity contribution in [2.75, 3.05) is 26.1 Å². The fourth-order valence-corrected chi connectivity index (χ4v) is 1.83. The number of ether oxygens (including phenoxy) is 2. The van der Waals surface area contributed by atoms with Crippen LogP contribution in [-0.4, -0.2) is 32.9 Å². The van der Waals surface area contributed by atoms with Crippen LogP contribution in [0.25, 0.3) is 0 Å². The van der Waals surface area contributed by atoms with Crippen molar-refractivity contribution in [2.24, 2.45) is 5.16 Å². The average Bonchev–Trinajstić information content (AvgIpc) is 2.59. The van der Waals surface area contributed by atoms with E-state index in [0.29, 0.717) is 17.2 Å². The third-order valence-corrected chi connectivity index (χ3v) is 2.95. The predicted octanol–water partition coefficient (Wildman–Crippen LogP) is 2.69. The lowest BCUT2D eigenvalue weighted by molar-refractivity contribution is -0.120. The average molecular weight is 314 g/mol. The van der Waals surface area contributed by atoms with E-state index in [4.69, 9.17) is 14.3 Å². The Morgan fingerprint density at radius 2 is 1.91 bits per heavy atom. The maximum Gasteiger partial charge on any atom is 0.265 e. The minimum Gasteiger partial charge on any atom is -0.497 e. The highest BCUT2D eigenvalue weighted by molar-refractivity contribution is 5.93. The molecule has 0 heterocycles. The summed E-state index contributed by atoms with van der Waals surface area (Å²) in [7, 11) is 3.08. The number of amides is 1. The highest BCUT2D eigenvalue weighted by Gasteiger charge is 2.09. The van der Waals surface area contributed by atoms with Crippen LogP contribution in [0.1, 0.15) is 5.56 Å². The van der Waals surface area contributed by atoms with E-state index in [1.807, 2.05) is 30.3 Å². The first kappa shape index (κ1) is 16.4. The van der Waals surface area contributed by atoms with Crippen LogP contribution in [0.3, 0.4) is 0 Å². The van der Waals surface area contributed by atoms with Crippen LogP contribution in [-0.2, 0) is 9.63 Å². The van der Waals surface area contributed by atoms with Crippen LogP contribution in [0.4, 0.5) is 5.69 Å². The van der Waals surface area contributed by atoms with Gasteiger partial charge < -0.3 is 19.6 Å². The molecule has 120 valence electrons. The lowest BCUT2D eigenvalue weighted by Gasteiger charge is -2.11. The summed E-state index contributed by atoms with van der Waals surface area (Å²) in [6.07, 6.45) is 1.54. The van der Waals surface area contributed by atoms with Gasteiger partial charge in [0.15, 0.2) is 6.61 Å². The molecule has 0 bridgehead atoms. The first-order chi connectivity index (χ1) is 11.2. The number of hydrogen-bond acceptors (Lipinski definition) is 5. The number of methoxy groups -OCH3 is 2. The zero-order valence-electron chi connectivity index (χ0n) is 13.0. The Balaban J connectivity index is 1.88. The molecule has 0 saturated carbocycles. The monoisotopic (exact) mass is 314 g/mol. The molecule has 0 aliphatic rings. The van der Waals surface area contributed by atoms with E-state index in [9.17, 15) is 4.79 Å². The van der Waals surface area contributed by atoms with Gasteiger partial charge in [-0.3, -0.25) is 4.79 Å². The molecule has 0 saturated heterocycles. The topological polar surface area (TPSA) is 69.2 Å². The van der Waals surface area contributed by atoms with Gasteiger partial charge in [-0.1, -0.05) is 35.5 Å². The number of hydrogen-bond donors (Lipinski definition) is 1. The summed E-state index contributed by atoms with van der Waals surface area (Å²) in [4.78, 5) is 16.9. The van der Waals surface area contributed by atoms with Crippen molar-refractivity contribution >= 4 is 17.8 Å². The lowest BCUT2D eigenvalue weighted by Crippen LogP contribution is -2.17. The van der Waals surface area contributed by atoms with Crippen molar-refractivity contribution in [2.45, 2.75) is 0 Å². The van der Waals surface area contributed by atoms with Gasteiger partial charge in [-0.15, -0.1) is 0 Å². The lowest BCUT2D eigenvalue weighted by atomic mass is 10.2. The summed E-state index contributed by atoms with van der Waals surface area (Å²) in [5, 5.41) is 6.45. The van der Waals surface area contributed by atoms with Crippen molar-refractivity contribution < 1.29 is 19.1 Å². The van der Waals surface area contributed by atoms with Crippen LogP contribution in [0.5, 0.6) is 11.5 Å². The van der Waals surface area contributed by atoms with Gasteiger partial charge in [0.1, 0.15) is 11.5 Å². The molecular formula is C17H18N2O4. The molecular weight excluding hydrogens is 296 g/mol. The van der Waals surface area contributed by atoms with Crippen molar-refractivity contribution in [1.82, 2.24) is 0 Å². The smallest absolute Gasteiger partial charge is 0.265 e. The molecule has 6 heteroatoms. The minimum atomic E-state index is -0.346. The molecule has 1 amide bonds. The molecule has 0 aliphatic heterocycles. The minimum absolute atomic E-state index is 0.205. The molecule has 0 fully saturated rings. The number of carbonyl (C=O) groups is 1. The third-order valence-electron chi connectivity index (χ3n) is 2.95. The van der Waals surface area contributed by atoms with Crippen LogP contribution in [0.15, 0.2) is 53.7 Å². The zero-order chi connectivity index (χ0) is 16.5. The summed E-state index contributed by atoms with van der Waals surface area (Å²) >= 11 is 0. The van der Waals surface area contributed by atoms with Gasteiger partial charge in [0.05, 0.1) is 26.1 Å². The summed E-state index contributed by atoms with van der Waals surface area (Å²) in [6.45, 7) is -0.205. The Bertz CT molecular complexity index is 672. The second kappa shape index (κ2) is 8.43. The molecule has 0 atom stereocenters. The molecule has 6 nitrogen and oxygen atoms in total. The number of oxime groups is 1. The summed E-state index contributed by atoms with van der Waals surface area (Å²) < 4.78 is 10.3. The quantitative estimate of drug-likeness (QED) is 0.630. The third kappa shape index (κ3) is 5.03. The van der Waals surface area contributed by atoms with Crippen molar-refractivity contribution in [1.29, 1.82) is 0 Å². The largest absolute Gasteiger partial charge is 0.497 e. The molecule has 0 aromatic heterocycles. The maximum absolute atomic E-state index is 11.9. The molecule has 2 rings (SSSR count). The highest BCUT2D eigenvalue weighted by Crippen LogP contribution is 2.28. The van der Waals surface area contributed by atoms with E-state index in [1.165, 1.54) is 7.11 Å². The summed E-state index contributed by atoms with van der Waals surface area (Å²) in [5.74, 6) is 0.804. The maximum atomic E-state index is 11.9. The fraction of sp³-hybridized carbons (Fsp3) is 0.176. The van der Waals surface area contributed by atoms with E-state index in [0.717, 1.165) is 5.56 Å². The van der Waals surface area contributed by atoms with E-state index >= 15 is 0 Å². The van der Waals surface area contributed by atoms with E-state index in [-0.39, 0.29) is 12.5 Å². The first-order valence-electron chi connectivity index (χ1n) is 6.95. The van der Waals surface area contributed by atoms with Gasteiger partial charge in [-0.25, -0.2) is 0 Å². The number of carbonyl (C=O) groups excluding carboxylic acids is 1. The number of anilines is 1. The molecule has 23 heavy (non-hydrogen) atoms. The van der Waals surface area contributed by atoms with E-state index in [1.54, 1.807) is 31.5 Å². The first-order valence-corrected chi connectivity index (χ1v) is 6.95. The Morgan fingerprint density at radius 1 is 1.13 bits per heavy atom. The van der Waals surface area contributed by atoms with Crippen LogP contribution >= 0.6 is 0 Å². The van der Waals surface area contributed by atoms with Gasteiger partial charge in [-0.2, -0.15) is 0 Å². The predicted molar refractivity (Wildman–Crippen MR) is 88.2 cm³/mol. The SMILES string of the molecule is COc1ccc(OC)c(NC(=O)CO/N=C\c2ccccc2)c1. The molecule has 0 aliphatic carbocycles. The highest BCUT2D eigenvalue weighted by atomic mass is 16.6. The van der Waals surface area contributed by atoms with Gasteiger partial charge in [-0.05, 0) is 17.7 Å². The van der Waals surface area contributed by atoms with Crippen LogP contribution in [0, 0.1) is 0 Å². The van der Waals surface area contributed by atoms with Gasteiger partial charge in [0.2, 0.25) is 0 Å². The summed E-state index contributed by atoms with van der Waals surface area (Å²) in [5.41, 5.74) is 1.40. The normalized spacial score (nSPS) is 10.3. The number of rotatable bonds is 7. The second-order valence-corrected chi connectivity index (χ2v) is 4.53. The van der Waals surface area contributed by atoms with E-state index in [2.05, 4.69) is 10.5 Å². The van der Waals surface area contributed by atoms with Crippen molar-refractivity contribution in [3.63, 3.8) is 0 Å². The molecule has 0 radical (unpaired) electrons. The van der Waals surface area contributed by atoms with E-state index < -0.39 is 0 Å². The Labute approximate surface area is 134 Å². The Morgan fingerprint density at radius 3 is 2.61 bits per heavy atom. The molecule has 2 aromatic rings. The van der Waals surface area contributed by atoms with Crippen LogP contribution in [0.2, 0.25) is 0 Å². The number of nitrogens with zero attached hydrogens (tertiary/aromatic N) is 1. The zero-order valence-corrected chi connectivity index (χ0v) is 13.0. The van der Waals surface area contributed by atoms with Gasteiger partial charge >= 0.3 is 0 Å². The fourth-order valence-electron chi connectivity index (χ4n) is 1.83. The van der Waals surface area contributed by atoms with Crippen LogP contribution < -0.4 is 14.8 Å². The molecule has 0 unspecified atom stereocenters. The second-order valence-electron chi connectivity index (χ2n) is 4.53. The number of benzene rings is 2. The standard InChI is InChI=1S/C17H18N2O4/c1-21-14-8-9-16(22-2)15(10-14)19-17(20)12-23-18-11-13-6-4-3-5-7-13/h3-11H,12H2,1-2H3,(H,19,20)/b18-11-. The van der Waals surface area contributed by atoms with Crippen molar-refractivity contribution in [3.8, 4) is 11.5 Å². The Kier molecular flexibility index (Phi) is 5.99. The molecule has 0 spiro atoms. The van der Waals surface area contributed by atoms with Crippen molar-refractivity contribution in [3.05, 3.63) is 54.1 Å².